The molecule has 1 saturated heterocycles. The second kappa shape index (κ2) is 16.2. The van der Waals surface area contributed by atoms with Crippen molar-refractivity contribution >= 4 is 11.6 Å². The van der Waals surface area contributed by atoms with Crippen molar-refractivity contribution in [1.29, 1.82) is 0 Å². The summed E-state index contributed by atoms with van der Waals surface area (Å²) < 4.78 is 40.0. The van der Waals surface area contributed by atoms with E-state index in [9.17, 15) is 21.2 Å². The Bertz CT molecular complexity index is 1400. The Kier molecular flexibility index (Phi) is 11.9. The maximum Gasteiger partial charge on any atom is 0.187 e. The Labute approximate surface area is 266 Å². The molecule has 0 saturated carbocycles. The zero-order valence-corrected chi connectivity index (χ0v) is 26.3. The largest absolute Gasteiger partial charge is 0.497 e. The molecule has 45 heavy (non-hydrogen) atoms. The number of hydrogen-bond donors (Lipinski definition) is 2. The minimum absolute atomic E-state index is 0.0336. The van der Waals surface area contributed by atoms with E-state index in [1.165, 1.54) is 6.92 Å². The van der Waals surface area contributed by atoms with Crippen molar-refractivity contribution in [1.82, 2.24) is 0 Å². The summed E-state index contributed by atoms with van der Waals surface area (Å²) in [6.45, 7) is 4.98. The Balaban J connectivity index is 1.78. The monoisotopic (exact) mass is 621 g/mol. The van der Waals surface area contributed by atoms with Gasteiger partial charge in [-0.25, -0.2) is 0 Å². The van der Waals surface area contributed by atoms with Gasteiger partial charge in [0.25, 0.3) is 0 Å². The summed E-state index contributed by atoms with van der Waals surface area (Å²) in [5.41, 5.74) is 0.483. The first-order chi connectivity index (χ1) is 22.0. The summed E-state index contributed by atoms with van der Waals surface area (Å²) >= 11 is 0. The number of ketones is 2. The average molecular weight is 622 g/mol. The molecule has 3 aromatic rings. The number of methoxy groups -OCH3 is 1. The van der Waals surface area contributed by atoms with Crippen LogP contribution in [0.2, 0.25) is 0 Å². The Morgan fingerprint density at radius 1 is 0.867 bits per heavy atom. The van der Waals surface area contributed by atoms with Crippen molar-refractivity contribution in [2.24, 2.45) is 5.92 Å². The molecule has 9 heteroatoms. The summed E-state index contributed by atoms with van der Waals surface area (Å²) in [6.07, 6.45) is -8.88. The highest BCUT2D eigenvalue weighted by Gasteiger charge is 2.61. The predicted molar refractivity (Wildman–Crippen MR) is 167 cm³/mol. The summed E-state index contributed by atoms with van der Waals surface area (Å²) in [5, 5.41) is 23.2. The predicted octanol–water partition coefficient (Wildman–Crippen LogP) is 4.79. The highest BCUT2D eigenvalue weighted by atomic mass is 16.7. The smallest absolute Gasteiger partial charge is 0.187 e. The molecular weight excluding hydrogens is 576 g/mol. The third-order valence-corrected chi connectivity index (χ3v) is 8.04. The fourth-order valence-electron chi connectivity index (χ4n) is 5.44. The molecule has 9 nitrogen and oxygen atoms in total. The Morgan fingerprint density at radius 3 is 1.96 bits per heavy atom. The second-order valence-corrected chi connectivity index (χ2v) is 11.6. The topological polar surface area (TPSA) is 121 Å². The lowest BCUT2D eigenvalue weighted by atomic mass is 9.76. The van der Waals surface area contributed by atoms with Crippen LogP contribution in [0.3, 0.4) is 0 Å². The highest BCUT2D eigenvalue weighted by Crippen LogP contribution is 2.43. The molecule has 4 rings (SSSR count). The molecule has 0 radical (unpaired) electrons. The molecule has 1 aliphatic heterocycles. The van der Waals surface area contributed by atoms with Gasteiger partial charge >= 0.3 is 0 Å². The molecule has 1 unspecified atom stereocenters. The number of aliphatic hydroxyl groups is 2. The quantitative estimate of drug-likeness (QED) is 0.233. The van der Waals surface area contributed by atoms with Crippen LogP contribution in [-0.4, -0.2) is 65.2 Å². The number of carbonyl (C=O) groups is 2. The first-order valence-corrected chi connectivity index (χ1v) is 15.2. The van der Waals surface area contributed by atoms with Crippen molar-refractivity contribution in [2.75, 3.05) is 7.11 Å². The van der Waals surface area contributed by atoms with Crippen LogP contribution >= 0.6 is 0 Å². The van der Waals surface area contributed by atoms with Gasteiger partial charge < -0.3 is 38.7 Å². The fraction of sp³-hybridized carbons (Fsp3) is 0.444. The number of aliphatic hydroxyl groups excluding tert-OH is 1. The van der Waals surface area contributed by atoms with Gasteiger partial charge in [0.15, 0.2) is 12.0 Å². The standard InChI is InChI=1S/C36H44O9/c1-24(2)36(44-23-28-16-18-29(41-4)19-17-28)34(43-22-27-13-9-6-10-14-27)33(42-21-26-11-7-5-8-12-26)32(45-35(36)40)31(39)30(38)20-15-25(3)37/h5-14,16-19,24,31-35,39-40H,15,20-23H2,1-4H3/t31?,32-,33+,34+,35+,36-/m1/s1/i35D. The van der Waals surface area contributed by atoms with E-state index in [4.69, 9.17) is 23.7 Å². The van der Waals surface area contributed by atoms with Crippen LogP contribution in [0.1, 0.15) is 51.7 Å². The number of ether oxygens (including phenoxy) is 5. The molecule has 1 aliphatic rings. The van der Waals surface area contributed by atoms with Crippen molar-refractivity contribution in [2.45, 2.75) is 89.7 Å². The third-order valence-electron chi connectivity index (χ3n) is 8.04. The van der Waals surface area contributed by atoms with Gasteiger partial charge in [-0.1, -0.05) is 86.6 Å². The van der Waals surface area contributed by atoms with E-state index in [0.29, 0.717) is 5.75 Å². The summed E-state index contributed by atoms with van der Waals surface area (Å²) in [7, 11) is 1.57. The first-order valence-electron chi connectivity index (χ1n) is 15.7. The lowest BCUT2D eigenvalue weighted by Crippen LogP contribution is -2.72. The highest BCUT2D eigenvalue weighted by molar-refractivity contribution is 5.88. The van der Waals surface area contributed by atoms with Crippen LogP contribution < -0.4 is 4.74 Å². The summed E-state index contributed by atoms with van der Waals surface area (Å²) in [5.74, 6) is -0.829. The third kappa shape index (κ3) is 8.64. The van der Waals surface area contributed by atoms with Crippen molar-refractivity contribution in [3.63, 3.8) is 0 Å². The van der Waals surface area contributed by atoms with Gasteiger partial charge in [0, 0.05) is 12.8 Å². The molecule has 0 aliphatic carbocycles. The minimum atomic E-state index is -2.81. The van der Waals surface area contributed by atoms with Crippen LogP contribution in [0.25, 0.3) is 0 Å². The van der Waals surface area contributed by atoms with Crippen LogP contribution in [0.4, 0.5) is 0 Å². The van der Waals surface area contributed by atoms with Gasteiger partial charge in [0.1, 0.15) is 41.5 Å². The summed E-state index contributed by atoms with van der Waals surface area (Å²) in [4.78, 5) is 24.8. The van der Waals surface area contributed by atoms with E-state index in [0.717, 1.165) is 16.7 Å². The van der Waals surface area contributed by atoms with E-state index < -0.39 is 48.0 Å². The van der Waals surface area contributed by atoms with Crippen LogP contribution in [-0.2, 0) is 48.4 Å². The molecule has 0 spiro atoms. The molecule has 2 N–H and O–H groups in total. The molecule has 0 aromatic heterocycles. The number of Topliss-reactive ketones (excluding diaryl/α,β-unsaturated/α-hetero) is 2. The van der Waals surface area contributed by atoms with E-state index in [1.807, 2.05) is 72.8 Å². The SMILES string of the molecule is [2H][C@]1(O)O[C@H](C(O)C(=O)CCC(C)=O)[C@H](OCc2ccccc2)[C@H](OCc2ccccc2)[C@]1(OCc1ccc(OC)cc1)C(C)C. The molecule has 3 aromatic carbocycles. The van der Waals surface area contributed by atoms with Gasteiger partial charge in [-0.3, -0.25) is 4.79 Å². The van der Waals surface area contributed by atoms with Crippen LogP contribution in [0.15, 0.2) is 84.9 Å². The van der Waals surface area contributed by atoms with Crippen molar-refractivity contribution in [3.05, 3.63) is 102 Å². The van der Waals surface area contributed by atoms with E-state index in [2.05, 4.69) is 0 Å². The maximum absolute atomic E-state index is 13.2. The first kappa shape index (κ1) is 32.9. The van der Waals surface area contributed by atoms with Gasteiger partial charge in [0.05, 0.1) is 28.3 Å². The lowest BCUT2D eigenvalue weighted by Gasteiger charge is -2.54. The second-order valence-electron chi connectivity index (χ2n) is 11.6. The molecule has 242 valence electrons. The number of rotatable bonds is 16. The van der Waals surface area contributed by atoms with Gasteiger partial charge in [0.2, 0.25) is 0 Å². The number of benzene rings is 3. The van der Waals surface area contributed by atoms with Gasteiger partial charge in [-0.05, 0) is 41.7 Å². The number of carbonyl (C=O) groups excluding carboxylic acids is 2. The Hall–Kier alpha value is -3.44. The fourth-order valence-corrected chi connectivity index (χ4v) is 5.44. The van der Waals surface area contributed by atoms with Gasteiger partial charge in [-0.2, -0.15) is 0 Å². The minimum Gasteiger partial charge on any atom is -0.497 e. The van der Waals surface area contributed by atoms with Crippen LogP contribution in [0.5, 0.6) is 5.75 Å². The molecule has 1 heterocycles. The molecule has 1 fully saturated rings. The lowest BCUT2D eigenvalue weighted by molar-refractivity contribution is -0.372. The van der Waals surface area contributed by atoms with Crippen molar-refractivity contribution in [3.8, 4) is 5.75 Å². The molecule has 0 amide bonds. The number of hydrogen-bond acceptors (Lipinski definition) is 9. The van der Waals surface area contributed by atoms with Crippen LogP contribution in [0, 0.1) is 5.92 Å². The van der Waals surface area contributed by atoms with E-state index in [1.54, 1.807) is 33.1 Å². The van der Waals surface area contributed by atoms with E-state index >= 15 is 0 Å². The van der Waals surface area contributed by atoms with E-state index in [-0.39, 0.29) is 38.4 Å². The van der Waals surface area contributed by atoms with Crippen molar-refractivity contribution < 1.29 is 44.9 Å². The molecule has 0 bridgehead atoms. The zero-order valence-electron chi connectivity index (χ0n) is 27.3. The Morgan fingerprint density at radius 2 is 1.42 bits per heavy atom. The average Bonchev–Trinajstić information content (AvgIpc) is 3.05. The maximum atomic E-state index is 13.2. The van der Waals surface area contributed by atoms with Gasteiger partial charge in [-0.15, -0.1) is 0 Å². The molecule has 6 atom stereocenters. The zero-order chi connectivity index (χ0) is 33.3. The summed E-state index contributed by atoms with van der Waals surface area (Å²) in [6, 6.07) is 25.8. The normalized spacial score (nSPS) is 25.8. The molecular formula is C36H44O9.